The monoisotopic (exact) mass is 478 g/mol. The molecule has 1 amide bonds. The maximum absolute atomic E-state index is 14.0. The highest BCUT2D eigenvalue weighted by atomic mass is 19.1. The molecular formula is C29H23FN4O2. The Morgan fingerprint density at radius 1 is 1.19 bits per heavy atom. The van der Waals surface area contributed by atoms with Crippen molar-refractivity contribution in [2.45, 2.75) is 38.7 Å². The molecule has 0 unspecified atom stereocenters. The summed E-state index contributed by atoms with van der Waals surface area (Å²) in [5, 5.41) is 9.69. The molecule has 1 aliphatic carbocycles. The van der Waals surface area contributed by atoms with Crippen LogP contribution in [0.3, 0.4) is 0 Å². The number of benzene rings is 2. The van der Waals surface area contributed by atoms with Crippen molar-refractivity contribution in [3.63, 3.8) is 0 Å². The summed E-state index contributed by atoms with van der Waals surface area (Å²) in [5.74, 6) is 0.00551. The lowest BCUT2D eigenvalue weighted by atomic mass is 9.89. The maximum atomic E-state index is 14.0. The lowest BCUT2D eigenvalue weighted by Gasteiger charge is -2.13. The van der Waals surface area contributed by atoms with Gasteiger partial charge in [0.05, 0.1) is 17.5 Å². The third-order valence-corrected chi connectivity index (χ3v) is 6.95. The van der Waals surface area contributed by atoms with Gasteiger partial charge < -0.3 is 14.9 Å². The number of allylic oxidation sites excluding steroid dienone is 1. The van der Waals surface area contributed by atoms with Gasteiger partial charge in [0, 0.05) is 46.9 Å². The van der Waals surface area contributed by atoms with E-state index in [1.165, 1.54) is 12.1 Å². The Kier molecular flexibility index (Phi) is 5.11. The zero-order chi connectivity index (χ0) is 25.0. The zero-order valence-corrected chi connectivity index (χ0v) is 19.7. The Labute approximate surface area is 207 Å². The number of halogens is 1. The Balaban J connectivity index is 1.43. The van der Waals surface area contributed by atoms with Gasteiger partial charge in [-0.15, -0.1) is 0 Å². The standard InChI is InChI=1S/C29H23FN4O2/c1-16(14-31)27-22-6-2-17(10-20(22)15-36-25-13-21(30)5-7-23(25)27)11-24-28(18-3-4-18)33-26-12-19(29(32)35)8-9-34(24)26/h2,5-10,12-13,18H,3-4,11,15H2,1H3,(H2,32,35). The molecule has 2 aliphatic rings. The van der Waals surface area contributed by atoms with Gasteiger partial charge in [0.15, 0.2) is 0 Å². The Hall–Kier alpha value is -4.44. The number of amides is 1. The number of hydrogen-bond acceptors (Lipinski definition) is 4. The van der Waals surface area contributed by atoms with Crippen LogP contribution in [-0.4, -0.2) is 15.3 Å². The molecule has 2 aromatic carbocycles. The van der Waals surface area contributed by atoms with E-state index in [1.807, 2.05) is 16.7 Å². The molecule has 1 saturated carbocycles. The van der Waals surface area contributed by atoms with Crippen LogP contribution in [0.1, 0.15) is 69.7 Å². The molecule has 0 spiro atoms. The van der Waals surface area contributed by atoms with Crippen molar-refractivity contribution in [3.05, 3.63) is 105 Å². The SMILES string of the molecule is CC(C#N)=C1c2ccc(Cc3c(C4CC4)nc4cc(C(N)=O)ccn34)cc2COc2cc(F)ccc21. The van der Waals surface area contributed by atoms with Crippen molar-refractivity contribution in [1.29, 1.82) is 5.26 Å². The van der Waals surface area contributed by atoms with Crippen LogP contribution in [0.5, 0.6) is 5.75 Å². The molecule has 6 rings (SSSR count). The number of fused-ring (bicyclic) bond motifs is 3. The van der Waals surface area contributed by atoms with Gasteiger partial charge in [-0.1, -0.05) is 18.2 Å². The number of rotatable bonds is 4. The number of hydrogen-bond donors (Lipinski definition) is 1. The second-order valence-electron chi connectivity index (χ2n) is 9.44. The largest absolute Gasteiger partial charge is 0.488 e. The molecule has 2 N–H and O–H groups in total. The Morgan fingerprint density at radius 3 is 2.75 bits per heavy atom. The number of nitriles is 1. The summed E-state index contributed by atoms with van der Waals surface area (Å²) in [4.78, 5) is 16.5. The topological polar surface area (TPSA) is 93.4 Å². The number of aromatic nitrogens is 2. The van der Waals surface area contributed by atoms with Crippen LogP contribution in [0.15, 0.2) is 60.3 Å². The highest BCUT2D eigenvalue weighted by molar-refractivity contribution is 5.93. The van der Waals surface area contributed by atoms with E-state index in [2.05, 4.69) is 18.2 Å². The molecule has 0 radical (unpaired) electrons. The molecule has 0 bridgehead atoms. The number of carbonyl (C=O) groups excluding carboxylic acids is 1. The van der Waals surface area contributed by atoms with Gasteiger partial charge in [-0.3, -0.25) is 4.79 Å². The third-order valence-electron chi connectivity index (χ3n) is 6.95. The molecule has 4 aromatic rings. The normalized spacial score (nSPS) is 15.9. The van der Waals surface area contributed by atoms with E-state index in [4.69, 9.17) is 15.5 Å². The summed E-state index contributed by atoms with van der Waals surface area (Å²) in [6, 6.07) is 16.3. The van der Waals surface area contributed by atoms with E-state index in [0.717, 1.165) is 46.5 Å². The fourth-order valence-electron chi connectivity index (χ4n) is 5.02. The first kappa shape index (κ1) is 22.1. The van der Waals surface area contributed by atoms with Gasteiger partial charge in [-0.2, -0.15) is 5.26 Å². The average molecular weight is 479 g/mol. The summed E-state index contributed by atoms with van der Waals surface area (Å²) >= 11 is 0. The predicted molar refractivity (Wildman–Crippen MR) is 133 cm³/mol. The molecule has 1 aliphatic heterocycles. The highest BCUT2D eigenvalue weighted by Gasteiger charge is 2.30. The van der Waals surface area contributed by atoms with Crippen molar-refractivity contribution in [1.82, 2.24) is 9.38 Å². The molecule has 7 heteroatoms. The summed E-state index contributed by atoms with van der Waals surface area (Å²) in [5.41, 5.74) is 13.7. The number of imidazole rings is 1. The lowest BCUT2D eigenvalue weighted by Crippen LogP contribution is -2.11. The minimum atomic E-state index is -0.474. The molecule has 0 atom stereocenters. The molecule has 3 heterocycles. The molecule has 6 nitrogen and oxygen atoms in total. The fourth-order valence-corrected chi connectivity index (χ4v) is 5.02. The van der Waals surface area contributed by atoms with Crippen molar-refractivity contribution >= 4 is 17.1 Å². The molecule has 36 heavy (non-hydrogen) atoms. The molecule has 178 valence electrons. The van der Waals surface area contributed by atoms with Crippen LogP contribution < -0.4 is 10.5 Å². The summed E-state index contributed by atoms with van der Waals surface area (Å²) in [7, 11) is 0. The minimum absolute atomic E-state index is 0.270. The number of primary amides is 1. The van der Waals surface area contributed by atoms with Crippen molar-refractivity contribution < 1.29 is 13.9 Å². The van der Waals surface area contributed by atoms with Crippen LogP contribution in [0.25, 0.3) is 11.2 Å². The van der Waals surface area contributed by atoms with Crippen LogP contribution in [0.2, 0.25) is 0 Å². The molecular weight excluding hydrogens is 455 g/mol. The van der Waals surface area contributed by atoms with Crippen molar-refractivity contribution in [2.75, 3.05) is 0 Å². The summed E-state index contributed by atoms with van der Waals surface area (Å²) in [6.45, 7) is 2.04. The molecule has 1 fully saturated rings. The van der Waals surface area contributed by atoms with Crippen LogP contribution >= 0.6 is 0 Å². The zero-order valence-electron chi connectivity index (χ0n) is 19.7. The summed E-state index contributed by atoms with van der Waals surface area (Å²) in [6.07, 6.45) is 4.72. The van der Waals surface area contributed by atoms with E-state index in [0.29, 0.717) is 40.4 Å². The molecule has 0 saturated heterocycles. The smallest absolute Gasteiger partial charge is 0.248 e. The number of nitrogens with zero attached hydrogens (tertiary/aromatic N) is 3. The number of ether oxygens (including phenoxy) is 1. The first-order valence-electron chi connectivity index (χ1n) is 11.9. The average Bonchev–Trinajstić information content (AvgIpc) is 3.68. The second-order valence-corrected chi connectivity index (χ2v) is 9.44. The van der Waals surface area contributed by atoms with Gasteiger partial charge in [-0.05, 0) is 60.7 Å². The fraction of sp³-hybridized carbons (Fsp3) is 0.207. The van der Waals surface area contributed by atoms with E-state index in [1.54, 1.807) is 25.1 Å². The maximum Gasteiger partial charge on any atom is 0.248 e. The lowest BCUT2D eigenvalue weighted by molar-refractivity contribution is 0.1000. The highest BCUT2D eigenvalue weighted by Crippen LogP contribution is 2.43. The van der Waals surface area contributed by atoms with Crippen molar-refractivity contribution in [2.24, 2.45) is 5.73 Å². The van der Waals surface area contributed by atoms with Crippen molar-refractivity contribution in [3.8, 4) is 11.8 Å². The minimum Gasteiger partial charge on any atom is -0.488 e. The third kappa shape index (κ3) is 3.72. The Morgan fingerprint density at radius 2 is 2.00 bits per heavy atom. The van der Waals surface area contributed by atoms with Gasteiger partial charge >= 0.3 is 0 Å². The van der Waals surface area contributed by atoms with E-state index >= 15 is 0 Å². The second kappa shape index (κ2) is 8.35. The van der Waals surface area contributed by atoms with Crippen LogP contribution in [0.4, 0.5) is 4.39 Å². The van der Waals surface area contributed by atoms with Gasteiger partial charge in [0.2, 0.25) is 5.91 Å². The van der Waals surface area contributed by atoms with Gasteiger partial charge in [0.25, 0.3) is 0 Å². The summed E-state index contributed by atoms with van der Waals surface area (Å²) < 4.78 is 22.0. The first-order valence-corrected chi connectivity index (χ1v) is 11.9. The van der Waals surface area contributed by atoms with E-state index in [9.17, 15) is 14.4 Å². The number of pyridine rings is 1. The van der Waals surface area contributed by atoms with Crippen LogP contribution in [-0.2, 0) is 13.0 Å². The predicted octanol–water partition coefficient (Wildman–Crippen LogP) is 5.28. The van der Waals surface area contributed by atoms with E-state index < -0.39 is 5.91 Å². The van der Waals surface area contributed by atoms with Crippen LogP contribution in [0, 0.1) is 17.1 Å². The van der Waals surface area contributed by atoms with Gasteiger partial charge in [-0.25, -0.2) is 9.37 Å². The number of nitrogens with two attached hydrogens (primary N) is 1. The van der Waals surface area contributed by atoms with Gasteiger partial charge in [0.1, 0.15) is 23.8 Å². The first-order chi connectivity index (χ1) is 17.4. The number of carbonyl (C=O) groups is 1. The molecule has 2 aromatic heterocycles. The Bertz CT molecular complexity index is 1640. The van der Waals surface area contributed by atoms with E-state index in [-0.39, 0.29) is 12.4 Å². The quantitative estimate of drug-likeness (QED) is 0.404.